The van der Waals surface area contributed by atoms with Gasteiger partial charge in [-0.15, -0.1) is 0 Å². The van der Waals surface area contributed by atoms with Crippen LogP contribution in [0.3, 0.4) is 0 Å². The van der Waals surface area contributed by atoms with Crippen molar-refractivity contribution in [1.82, 2.24) is 25.1 Å². The van der Waals surface area contributed by atoms with Crippen molar-refractivity contribution in [2.45, 2.75) is 37.9 Å². The molecule has 182 valence electrons. The van der Waals surface area contributed by atoms with E-state index in [-0.39, 0.29) is 28.5 Å². The van der Waals surface area contributed by atoms with Gasteiger partial charge in [-0.05, 0) is 37.8 Å². The van der Waals surface area contributed by atoms with Gasteiger partial charge in [-0.3, -0.25) is 9.48 Å². The molecule has 0 bridgehead atoms. The molecule has 1 aliphatic rings. The number of aromatic nitrogens is 4. The number of nitrogens with zero attached hydrogens (tertiary/aromatic N) is 5. The fourth-order valence-electron chi connectivity index (χ4n) is 3.89. The minimum atomic E-state index is -4.49. The lowest BCUT2D eigenvalue weighted by atomic mass is 9.87. The molecule has 1 aromatic carbocycles. The molecule has 8 nitrogen and oxygen atoms in total. The maximum atomic E-state index is 12.3. The van der Waals surface area contributed by atoms with Crippen LogP contribution < -0.4 is 10.6 Å². The molecule has 2 aromatic heterocycles. The van der Waals surface area contributed by atoms with E-state index >= 15 is 0 Å². The molecule has 12 heteroatoms. The predicted octanol–water partition coefficient (Wildman–Crippen LogP) is 5.28. The minimum absolute atomic E-state index is 0.0812. The summed E-state index contributed by atoms with van der Waals surface area (Å²) >= 11 is 6.27. The molecule has 0 aliphatic heterocycles. The van der Waals surface area contributed by atoms with Crippen LogP contribution >= 0.6 is 11.6 Å². The number of halogens is 4. The summed E-state index contributed by atoms with van der Waals surface area (Å²) < 4.78 is 38.8. The SMILES string of the molecule is N#CC1CCC(n2cc(Nc3ncc(Cl)c(-c4ccc(C(=O)NCC(F)(F)F)cc4)n3)cn2)CC1. The topological polar surface area (TPSA) is 109 Å². The van der Waals surface area contributed by atoms with Gasteiger partial charge in [-0.1, -0.05) is 23.7 Å². The maximum absolute atomic E-state index is 12.3. The Morgan fingerprint density at radius 1 is 1.17 bits per heavy atom. The van der Waals surface area contributed by atoms with Crippen LogP contribution in [0.25, 0.3) is 11.3 Å². The van der Waals surface area contributed by atoms with Gasteiger partial charge in [0.1, 0.15) is 6.54 Å². The summed E-state index contributed by atoms with van der Waals surface area (Å²) in [7, 11) is 0. The second-order valence-electron chi connectivity index (χ2n) is 8.23. The number of nitriles is 1. The van der Waals surface area contributed by atoms with E-state index in [1.165, 1.54) is 18.3 Å². The number of rotatable bonds is 6. The third-order valence-electron chi connectivity index (χ3n) is 5.73. The highest BCUT2D eigenvalue weighted by molar-refractivity contribution is 6.32. The van der Waals surface area contributed by atoms with Crippen molar-refractivity contribution >= 4 is 29.1 Å². The third kappa shape index (κ3) is 6.27. The first kappa shape index (κ1) is 24.5. The van der Waals surface area contributed by atoms with Crippen LogP contribution in [0.15, 0.2) is 42.9 Å². The van der Waals surface area contributed by atoms with Crippen LogP contribution in [0.5, 0.6) is 0 Å². The van der Waals surface area contributed by atoms with Crippen LogP contribution in [0.4, 0.5) is 24.8 Å². The van der Waals surface area contributed by atoms with Crippen LogP contribution in [0.1, 0.15) is 42.1 Å². The zero-order valence-corrected chi connectivity index (χ0v) is 19.1. The van der Waals surface area contributed by atoms with E-state index in [1.54, 1.807) is 18.3 Å². The Morgan fingerprint density at radius 3 is 2.54 bits per heavy atom. The molecule has 1 aliphatic carbocycles. The average Bonchev–Trinajstić information content (AvgIpc) is 3.32. The molecule has 0 radical (unpaired) electrons. The fourth-order valence-corrected chi connectivity index (χ4v) is 4.09. The summed E-state index contributed by atoms with van der Waals surface area (Å²) in [6.07, 6.45) is 3.99. The van der Waals surface area contributed by atoms with Gasteiger partial charge in [-0.25, -0.2) is 9.97 Å². The highest BCUT2D eigenvalue weighted by atomic mass is 35.5. The molecule has 0 spiro atoms. The van der Waals surface area contributed by atoms with Crippen molar-refractivity contribution in [1.29, 1.82) is 5.26 Å². The summed E-state index contributed by atoms with van der Waals surface area (Å²) in [6, 6.07) is 8.47. The van der Waals surface area contributed by atoms with Gasteiger partial charge in [0, 0.05) is 23.2 Å². The van der Waals surface area contributed by atoms with Crippen LogP contribution in [0, 0.1) is 17.2 Å². The summed E-state index contributed by atoms with van der Waals surface area (Å²) in [5, 5.41) is 18.7. The second-order valence-corrected chi connectivity index (χ2v) is 8.64. The second kappa shape index (κ2) is 10.3. The molecule has 0 unspecified atom stereocenters. The van der Waals surface area contributed by atoms with Crippen LogP contribution in [-0.4, -0.2) is 38.4 Å². The number of anilines is 2. The molecule has 3 aromatic rings. The van der Waals surface area contributed by atoms with Crippen molar-refractivity contribution in [3.05, 3.63) is 53.4 Å². The summed E-state index contributed by atoms with van der Waals surface area (Å²) in [5.41, 5.74) is 1.74. The molecule has 0 atom stereocenters. The van der Waals surface area contributed by atoms with E-state index in [2.05, 4.69) is 26.5 Å². The smallest absolute Gasteiger partial charge is 0.343 e. The lowest BCUT2D eigenvalue weighted by Gasteiger charge is -2.24. The Morgan fingerprint density at radius 2 is 1.89 bits per heavy atom. The molecular weight excluding hydrogens is 483 g/mol. The van der Waals surface area contributed by atoms with E-state index < -0.39 is 18.6 Å². The highest BCUT2D eigenvalue weighted by Crippen LogP contribution is 2.32. The van der Waals surface area contributed by atoms with Gasteiger partial charge in [0.05, 0.1) is 40.9 Å². The van der Waals surface area contributed by atoms with Crippen molar-refractivity contribution in [2.24, 2.45) is 5.92 Å². The predicted molar refractivity (Wildman–Crippen MR) is 123 cm³/mol. The molecule has 35 heavy (non-hydrogen) atoms. The molecule has 4 rings (SSSR count). The Balaban J connectivity index is 1.44. The molecule has 1 amide bonds. The Labute approximate surface area is 204 Å². The van der Waals surface area contributed by atoms with E-state index in [0.717, 1.165) is 25.7 Å². The van der Waals surface area contributed by atoms with Gasteiger partial charge in [0.25, 0.3) is 5.91 Å². The lowest BCUT2D eigenvalue weighted by Crippen LogP contribution is -2.33. The van der Waals surface area contributed by atoms with Crippen molar-refractivity contribution in [2.75, 3.05) is 11.9 Å². The minimum Gasteiger partial charge on any atom is -0.343 e. The van der Waals surface area contributed by atoms with E-state index in [0.29, 0.717) is 16.9 Å². The maximum Gasteiger partial charge on any atom is 0.405 e. The first-order valence-electron chi connectivity index (χ1n) is 10.9. The Hall–Kier alpha value is -3.65. The number of nitrogens with one attached hydrogen (secondary N) is 2. The standard InChI is InChI=1S/C23H21ClF3N7O/c24-19-11-29-22(32-17-10-31-34(12-17)18-7-1-14(9-28)2-8-18)33-20(19)15-3-5-16(6-4-15)21(35)30-13-23(25,26)27/h3-6,10-12,14,18H,1-2,7-8,13H2,(H,30,35)(H,29,32,33). The number of carbonyl (C=O) groups is 1. The monoisotopic (exact) mass is 503 g/mol. The zero-order chi connectivity index (χ0) is 25.0. The first-order valence-corrected chi connectivity index (χ1v) is 11.3. The van der Waals surface area contributed by atoms with E-state index in [9.17, 15) is 18.0 Å². The van der Waals surface area contributed by atoms with Gasteiger partial charge in [0.2, 0.25) is 5.95 Å². The normalized spacial score (nSPS) is 18.0. The fraction of sp³-hybridized carbons (Fsp3) is 0.348. The Bertz CT molecular complexity index is 1230. The molecule has 0 saturated heterocycles. The number of benzene rings is 1. The average molecular weight is 504 g/mol. The number of hydrogen-bond donors (Lipinski definition) is 2. The van der Waals surface area contributed by atoms with Gasteiger partial charge < -0.3 is 10.6 Å². The Kier molecular flexibility index (Phi) is 7.21. The molecular formula is C23H21ClF3N7O. The quantitative estimate of drug-likeness (QED) is 0.473. The third-order valence-corrected chi connectivity index (χ3v) is 6.00. The summed E-state index contributed by atoms with van der Waals surface area (Å²) in [5.74, 6) is -0.434. The van der Waals surface area contributed by atoms with Crippen molar-refractivity contribution in [3.63, 3.8) is 0 Å². The largest absolute Gasteiger partial charge is 0.405 e. The van der Waals surface area contributed by atoms with Gasteiger partial charge in [0.15, 0.2) is 0 Å². The van der Waals surface area contributed by atoms with Crippen LogP contribution in [0.2, 0.25) is 5.02 Å². The molecule has 1 fully saturated rings. The van der Waals surface area contributed by atoms with E-state index in [1.807, 2.05) is 16.2 Å². The van der Waals surface area contributed by atoms with Crippen molar-refractivity contribution < 1.29 is 18.0 Å². The molecule has 2 N–H and O–H groups in total. The number of alkyl halides is 3. The van der Waals surface area contributed by atoms with E-state index in [4.69, 9.17) is 16.9 Å². The lowest BCUT2D eigenvalue weighted by molar-refractivity contribution is -0.123. The highest BCUT2D eigenvalue weighted by Gasteiger charge is 2.28. The van der Waals surface area contributed by atoms with Gasteiger partial charge in [-0.2, -0.15) is 23.5 Å². The summed E-state index contributed by atoms with van der Waals surface area (Å²) in [6.45, 7) is -1.40. The van der Waals surface area contributed by atoms with Crippen molar-refractivity contribution in [3.8, 4) is 17.3 Å². The molecule has 1 saturated carbocycles. The zero-order valence-electron chi connectivity index (χ0n) is 18.4. The molecule has 2 heterocycles. The first-order chi connectivity index (χ1) is 16.7. The van der Waals surface area contributed by atoms with Gasteiger partial charge >= 0.3 is 6.18 Å². The summed E-state index contributed by atoms with van der Waals surface area (Å²) in [4.78, 5) is 20.6. The number of amides is 1. The van der Waals surface area contributed by atoms with Crippen LogP contribution in [-0.2, 0) is 0 Å². The number of carbonyl (C=O) groups excluding carboxylic acids is 1. The number of hydrogen-bond acceptors (Lipinski definition) is 6.